The molecule has 6 rings (SSSR count). The first-order valence-electron chi connectivity index (χ1n) is 16.0. The average Bonchev–Trinajstić information content (AvgIpc) is 3.63. The third kappa shape index (κ3) is 9.18. The molecule has 0 fully saturated rings. The van der Waals surface area contributed by atoms with E-state index in [1.54, 1.807) is 49.6 Å². The normalized spacial score (nSPS) is 11.7. The number of thioether (sulfide) groups is 1. The second-order valence-corrected chi connectivity index (χ2v) is 13.4. The molecule has 6 aromatic rings. The first-order chi connectivity index (χ1) is 24.9. The summed E-state index contributed by atoms with van der Waals surface area (Å²) < 4.78 is 5.48. The molecule has 51 heavy (non-hydrogen) atoms. The first-order valence-corrected chi connectivity index (χ1v) is 17.8. The maximum Gasteiger partial charge on any atom is 0.272 e. The molecule has 0 aliphatic carbocycles. The monoisotopic (exact) mass is 710 g/mol. The summed E-state index contributed by atoms with van der Waals surface area (Å²) >= 11 is 2.73. The fourth-order valence-corrected chi connectivity index (χ4v) is 6.94. The summed E-state index contributed by atoms with van der Waals surface area (Å²) in [4.78, 5) is 45.8. The van der Waals surface area contributed by atoms with E-state index in [9.17, 15) is 14.4 Å². The van der Waals surface area contributed by atoms with Gasteiger partial charge in [-0.1, -0.05) is 90.5 Å². The van der Waals surface area contributed by atoms with Gasteiger partial charge in [-0.3, -0.25) is 14.4 Å². The molecule has 1 aromatic heterocycles. The van der Waals surface area contributed by atoms with Crippen molar-refractivity contribution in [2.24, 2.45) is 0 Å². The SMILES string of the molecule is COc1ccccc1-c1csc(NC(=O)C(Sc2ccc(NC(=O)/C(=C/c3cccc(C)c3)NC(=O)c3ccccc3)cc2)c2ccccc2)n1. The Morgan fingerprint density at radius 1 is 0.804 bits per heavy atom. The average molecular weight is 711 g/mol. The lowest BCUT2D eigenvalue weighted by atomic mass is 10.1. The van der Waals surface area contributed by atoms with Crippen LogP contribution in [0.3, 0.4) is 0 Å². The van der Waals surface area contributed by atoms with Gasteiger partial charge in [-0.15, -0.1) is 23.1 Å². The van der Waals surface area contributed by atoms with E-state index in [2.05, 4.69) is 20.9 Å². The molecular weight excluding hydrogens is 677 g/mol. The van der Waals surface area contributed by atoms with Gasteiger partial charge in [0.1, 0.15) is 16.7 Å². The zero-order chi connectivity index (χ0) is 35.6. The molecular formula is C41H34N4O4S2. The van der Waals surface area contributed by atoms with Gasteiger partial charge in [-0.2, -0.15) is 0 Å². The minimum absolute atomic E-state index is 0.102. The Labute approximate surface area is 304 Å². The van der Waals surface area contributed by atoms with Crippen LogP contribution in [0.1, 0.15) is 32.3 Å². The topological polar surface area (TPSA) is 109 Å². The number of rotatable bonds is 12. The van der Waals surface area contributed by atoms with Gasteiger partial charge in [0, 0.05) is 27.1 Å². The number of benzene rings is 5. The molecule has 1 heterocycles. The maximum absolute atomic E-state index is 13.7. The Balaban J connectivity index is 1.17. The molecule has 0 aliphatic heterocycles. The third-order valence-electron chi connectivity index (χ3n) is 7.71. The molecule has 0 saturated heterocycles. The molecule has 0 bridgehead atoms. The number of amides is 3. The van der Waals surface area contributed by atoms with E-state index in [0.717, 1.165) is 27.1 Å². The number of ether oxygens (including phenoxy) is 1. The fourth-order valence-electron chi connectivity index (χ4n) is 5.20. The van der Waals surface area contributed by atoms with Crippen LogP contribution in [-0.4, -0.2) is 29.8 Å². The minimum Gasteiger partial charge on any atom is -0.496 e. The van der Waals surface area contributed by atoms with Crippen molar-refractivity contribution in [3.05, 3.63) is 167 Å². The lowest BCUT2D eigenvalue weighted by molar-refractivity contribution is -0.116. The van der Waals surface area contributed by atoms with Gasteiger partial charge < -0.3 is 20.7 Å². The molecule has 5 aromatic carbocycles. The number of nitrogens with one attached hydrogen (secondary N) is 3. The summed E-state index contributed by atoms with van der Waals surface area (Å²) in [5.41, 5.74) is 5.26. The number of methoxy groups -OCH3 is 1. The minimum atomic E-state index is -0.581. The highest BCUT2D eigenvalue weighted by Gasteiger charge is 2.24. The number of nitrogens with zero attached hydrogens (tertiary/aromatic N) is 1. The highest BCUT2D eigenvalue weighted by Crippen LogP contribution is 2.38. The van der Waals surface area contributed by atoms with Gasteiger partial charge in [-0.05, 0) is 72.7 Å². The van der Waals surface area contributed by atoms with Gasteiger partial charge in [0.25, 0.3) is 11.8 Å². The molecule has 0 radical (unpaired) electrons. The lowest BCUT2D eigenvalue weighted by Gasteiger charge is -2.17. The van der Waals surface area contributed by atoms with E-state index in [4.69, 9.17) is 4.74 Å². The number of carbonyl (C=O) groups is 3. The molecule has 10 heteroatoms. The molecule has 3 amide bonds. The summed E-state index contributed by atoms with van der Waals surface area (Å²) in [7, 11) is 1.61. The number of hydrogen-bond acceptors (Lipinski definition) is 7. The highest BCUT2D eigenvalue weighted by molar-refractivity contribution is 8.00. The van der Waals surface area contributed by atoms with Crippen LogP contribution in [0, 0.1) is 6.92 Å². The number of aromatic nitrogens is 1. The Hall–Kier alpha value is -5.97. The Kier molecular flexibility index (Phi) is 11.4. The van der Waals surface area contributed by atoms with Gasteiger partial charge >= 0.3 is 0 Å². The number of anilines is 2. The van der Waals surface area contributed by atoms with Crippen LogP contribution in [0.5, 0.6) is 5.75 Å². The van der Waals surface area contributed by atoms with Crippen LogP contribution in [-0.2, 0) is 9.59 Å². The standard InChI is InChI=1S/C41H34N4O4S2/c1-27-12-11-13-28(24-27)25-34(43-38(46)30-16-7-4-8-17-30)39(47)42-31-20-22-32(23-21-31)51-37(29-14-5-3-6-15-29)40(48)45-41-44-35(26-50-41)33-18-9-10-19-36(33)49-2/h3-26,37H,1-2H3,(H,42,47)(H,43,46)(H,44,45,48)/b34-25-. The Morgan fingerprint density at radius 2 is 1.51 bits per heavy atom. The van der Waals surface area contributed by atoms with Crippen molar-refractivity contribution < 1.29 is 19.1 Å². The van der Waals surface area contributed by atoms with Crippen molar-refractivity contribution in [3.8, 4) is 17.0 Å². The summed E-state index contributed by atoms with van der Waals surface area (Å²) in [6.07, 6.45) is 1.65. The number of para-hydroxylation sites is 1. The second-order valence-electron chi connectivity index (χ2n) is 11.4. The number of carbonyl (C=O) groups excluding carboxylic acids is 3. The van der Waals surface area contributed by atoms with Gasteiger partial charge in [0.2, 0.25) is 5.91 Å². The summed E-state index contributed by atoms with van der Waals surface area (Å²) in [6.45, 7) is 1.96. The Bertz CT molecular complexity index is 2170. The molecule has 0 aliphatic rings. The maximum atomic E-state index is 13.7. The molecule has 8 nitrogen and oxygen atoms in total. The van der Waals surface area contributed by atoms with Crippen molar-refractivity contribution >= 4 is 57.7 Å². The number of aryl methyl sites for hydroxylation is 1. The van der Waals surface area contributed by atoms with Gasteiger partial charge in [-0.25, -0.2) is 4.98 Å². The van der Waals surface area contributed by atoms with E-state index in [1.807, 2.05) is 109 Å². The largest absolute Gasteiger partial charge is 0.496 e. The zero-order valence-corrected chi connectivity index (χ0v) is 29.5. The van der Waals surface area contributed by atoms with E-state index in [-0.39, 0.29) is 11.6 Å². The van der Waals surface area contributed by atoms with Crippen molar-refractivity contribution in [3.63, 3.8) is 0 Å². The van der Waals surface area contributed by atoms with E-state index >= 15 is 0 Å². The van der Waals surface area contributed by atoms with Crippen LogP contribution < -0.4 is 20.7 Å². The molecule has 0 spiro atoms. The van der Waals surface area contributed by atoms with Crippen LogP contribution in [0.4, 0.5) is 10.8 Å². The summed E-state index contributed by atoms with van der Waals surface area (Å²) in [5.74, 6) is -0.382. The van der Waals surface area contributed by atoms with Crippen LogP contribution in [0.2, 0.25) is 0 Å². The Morgan fingerprint density at radius 3 is 2.24 bits per heavy atom. The number of thiazole rings is 1. The predicted molar refractivity (Wildman–Crippen MR) is 206 cm³/mol. The molecule has 254 valence electrons. The van der Waals surface area contributed by atoms with Crippen LogP contribution >= 0.6 is 23.1 Å². The molecule has 1 atom stereocenters. The van der Waals surface area contributed by atoms with Crippen molar-refractivity contribution in [2.75, 3.05) is 17.7 Å². The quantitative estimate of drug-likeness (QED) is 0.0864. The van der Waals surface area contributed by atoms with E-state index in [1.165, 1.54) is 23.1 Å². The third-order valence-corrected chi connectivity index (χ3v) is 9.73. The second kappa shape index (κ2) is 16.6. The lowest BCUT2D eigenvalue weighted by Crippen LogP contribution is -2.30. The summed E-state index contributed by atoms with van der Waals surface area (Å²) in [6, 6.07) is 40.8. The predicted octanol–water partition coefficient (Wildman–Crippen LogP) is 9.01. The van der Waals surface area contributed by atoms with Gasteiger partial charge in [0.05, 0.1) is 12.8 Å². The highest BCUT2D eigenvalue weighted by atomic mass is 32.2. The van der Waals surface area contributed by atoms with Gasteiger partial charge in [0.15, 0.2) is 5.13 Å². The molecule has 1 unspecified atom stereocenters. The fraction of sp³-hybridized carbons (Fsp3) is 0.0732. The van der Waals surface area contributed by atoms with Crippen molar-refractivity contribution in [1.29, 1.82) is 0 Å². The summed E-state index contributed by atoms with van der Waals surface area (Å²) in [5, 5.41) is 10.5. The van der Waals surface area contributed by atoms with E-state index in [0.29, 0.717) is 27.8 Å². The van der Waals surface area contributed by atoms with Crippen LogP contribution in [0.15, 0.2) is 149 Å². The van der Waals surface area contributed by atoms with E-state index < -0.39 is 17.1 Å². The molecule has 0 saturated carbocycles. The van der Waals surface area contributed by atoms with Crippen LogP contribution in [0.25, 0.3) is 17.3 Å². The van der Waals surface area contributed by atoms with Crippen molar-refractivity contribution in [2.45, 2.75) is 17.1 Å². The first kappa shape index (κ1) is 34.9. The number of hydrogen-bond donors (Lipinski definition) is 3. The van der Waals surface area contributed by atoms with Crippen molar-refractivity contribution in [1.82, 2.24) is 10.3 Å². The smallest absolute Gasteiger partial charge is 0.272 e. The molecule has 3 N–H and O–H groups in total. The zero-order valence-electron chi connectivity index (χ0n) is 27.8.